The molecule has 0 aromatic heterocycles. The Kier molecular flexibility index (Phi) is 10.7. The van der Waals surface area contributed by atoms with Gasteiger partial charge in [-0.05, 0) is 54.2 Å². The predicted octanol–water partition coefficient (Wildman–Crippen LogP) is 2.00. The minimum absolute atomic E-state index is 0.0553. The van der Waals surface area contributed by atoms with Gasteiger partial charge in [0.1, 0.15) is 0 Å². The van der Waals surface area contributed by atoms with Crippen molar-refractivity contribution in [3.05, 3.63) is 59.7 Å². The number of nitrogens with zero attached hydrogens (tertiary/aromatic N) is 2. The van der Waals surface area contributed by atoms with Crippen LogP contribution in [0.3, 0.4) is 0 Å². The third-order valence-corrected chi connectivity index (χ3v) is 5.43. The van der Waals surface area contributed by atoms with E-state index < -0.39 is 0 Å². The van der Waals surface area contributed by atoms with Crippen LogP contribution in [0.2, 0.25) is 0 Å². The molecule has 0 aliphatic heterocycles. The van der Waals surface area contributed by atoms with E-state index in [1.54, 1.807) is 0 Å². The van der Waals surface area contributed by atoms with E-state index in [2.05, 4.69) is 31.2 Å². The summed E-state index contributed by atoms with van der Waals surface area (Å²) in [6.45, 7) is 4.46. The van der Waals surface area contributed by atoms with Crippen LogP contribution in [0.1, 0.15) is 30.4 Å². The van der Waals surface area contributed by atoms with Crippen LogP contribution < -0.4 is 9.80 Å². The van der Waals surface area contributed by atoms with Gasteiger partial charge in [-0.25, -0.2) is 0 Å². The second-order valence-corrected chi connectivity index (χ2v) is 7.57. The van der Waals surface area contributed by atoms with Gasteiger partial charge in [-0.1, -0.05) is 31.2 Å². The molecule has 2 aromatic rings. The zero-order chi connectivity index (χ0) is 21.8. The highest BCUT2D eigenvalue weighted by atomic mass is 16.3. The highest BCUT2D eigenvalue weighted by Crippen LogP contribution is 2.26. The lowest BCUT2D eigenvalue weighted by Gasteiger charge is -2.24. The van der Waals surface area contributed by atoms with Crippen molar-refractivity contribution in [2.24, 2.45) is 0 Å². The fraction of sp³-hybridized carbons (Fsp3) is 0.500. The van der Waals surface area contributed by atoms with Crippen molar-refractivity contribution in [3.8, 4) is 0 Å². The fourth-order valence-corrected chi connectivity index (χ4v) is 3.71. The van der Waals surface area contributed by atoms with Crippen LogP contribution >= 0.6 is 0 Å². The first kappa shape index (κ1) is 24.2. The maximum atomic E-state index is 9.29. The Bertz CT molecular complexity index is 729. The lowest BCUT2D eigenvalue weighted by Crippen LogP contribution is -2.29. The number of benzene rings is 2. The van der Waals surface area contributed by atoms with Gasteiger partial charge >= 0.3 is 0 Å². The number of aryl methyl sites for hydroxylation is 1. The Morgan fingerprint density at radius 2 is 1.20 bits per heavy atom. The number of aliphatic hydroxyl groups is 4. The molecule has 0 radical (unpaired) electrons. The summed E-state index contributed by atoms with van der Waals surface area (Å²) in [5, 5.41) is 37.1. The van der Waals surface area contributed by atoms with Crippen LogP contribution in [0.4, 0.5) is 11.4 Å². The molecule has 2 aromatic carbocycles. The molecule has 0 spiro atoms. The van der Waals surface area contributed by atoms with Crippen molar-refractivity contribution in [1.82, 2.24) is 0 Å². The number of hydrogen-bond acceptors (Lipinski definition) is 6. The van der Waals surface area contributed by atoms with E-state index in [9.17, 15) is 20.4 Å². The van der Waals surface area contributed by atoms with Crippen molar-refractivity contribution in [1.29, 1.82) is 0 Å². The number of aliphatic hydroxyl groups excluding tert-OH is 4. The Balaban J connectivity index is 2.04. The largest absolute Gasteiger partial charge is 0.395 e. The molecule has 0 saturated carbocycles. The van der Waals surface area contributed by atoms with E-state index in [0.29, 0.717) is 32.1 Å². The Morgan fingerprint density at radius 3 is 1.73 bits per heavy atom. The van der Waals surface area contributed by atoms with Gasteiger partial charge in [0.15, 0.2) is 0 Å². The zero-order valence-electron chi connectivity index (χ0n) is 18.0. The second kappa shape index (κ2) is 13.2. The van der Waals surface area contributed by atoms with Gasteiger partial charge in [0.2, 0.25) is 0 Å². The van der Waals surface area contributed by atoms with E-state index in [4.69, 9.17) is 0 Å². The average Bonchev–Trinajstić information content (AvgIpc) is 2.77. The third-order valence-electron chi connectivity index (χ3n) is 5.43. The molecule has 0 heterocycles. The van der Waals surface area contributed by atoms with Crippen LogP contribution in [0.15, 0.2) is 48.5 Å². The van der Waals surface area contributed by atoms with E-state index in [-0.39, 0.29) is 26.4 Å². The summed E-state index contributed by atoms with van der Waals surface area (Å²) in [6, 6.07) is 16.6. The molecule has 0 aliphatic carbocycles. The van der Waals surface area contributed by atoms with Crippen LogP contribution in [0.25, 0.3) is 0 Å². The van der Waals surface area contributed by atoms with E-state index in [1.807, 2.05) is 34.1 Å². The van der Waals surface area contributed by atoms with Gasteiger partial charge < -0.3 is 30.2 Å². The molecule has 166 valence electrons. The van der Waals surface area contributed by atoms with Crippen LogP contribution in [-0.2, 0) is 6.42 Å². The lowest BCUT2D eigenvalue weighted by molar-refractivity contribution is 0.280. The summed E-state index contributed by atoms with van der Waals surface area (Å²) >= 11 is 0. The molecular weight excluding hydrogens is 380 g/mol. The summed E-state index contributed by atoms with van der Waals surface area (Å²) in [5.41, 5.74) is 4.52. The highest BCUT2D eigenvalue weighted by Gasteiger charge is 2.11. The summed E-state index contributed by atoms with van der Waals surface area (Å²) < 4.78 is 0. The van der Waals surface area contributed by atoms with Gasteiger partial charge in [0.25, 0.3) is 0 Å². The normalized spacial score (nSPS) is 12.0. The van der Waals surface area contributed by atoms with E-state index >= 15 is 0 Å². The van der Waals surface area contributed by atoms with Gasteiger partial charge in [-0.3, -0.25) is 0 Å². The van der Waals surface area contributed by atoms with Crippen LogP contribution in [0, 0.1) is 0 Å². The summed E-state index contributed by atoms with van der Waals surface area (Å²) in [6.07, 6.45) is 1.93. The van der Waals surface area contributed by atoms with E-state index in [1.165, 1.54) is 11.1 Å². The first-order chi connectivity index (χ1) is 14.6. The minimum Gasteiger partial charge on any atom is -0.395 e. The number of anilines is 2. The van der Waals surface area contributed by atoms with Gasteiger partial charge in [0, 0.05) is 37.6 Å². The summed E-state index contributed by atoms with van der Waals surface area (Å²) in [7, 11) is 0. The molecule has 0 amide bonds. The minimum atomic E-state index is 0.0553. The SMILES string of the molecule is CC(CCc1cccc(N(CCO)CCO)c1)c1cccc(N(CCO)CCO)c1. The Hall–Kier alpha value is -2.12. The quantitative estimate of drug-likeness (QED) is 0.377. The van der Waals surface area contributed by atoms with Gasteiger partial charge in [-0.2, -0.15) is 0 Å². The maximum absolute atomic E-state index is 9.29. The second-order valence-electron chi connectivity index (χ2n) is 7.57. The third kappa shape index (κ3) is 7.29. The molecule has 6 heteroatoms. The van der Waals surface area contributed by atoms with Crippen molar-refractivity contribution < 1.29 is 20.4 Å². The Labute approximate surface area is 180 Å². The van der Waals surface area contributed by atoms with Crippen molar-refractivity contribution in [2.45, 2.75) is 25.7 Å². The first-order valence-corrected chi connectivity index (χ1v) is 10.7. The molecule has 1 unspecified atom stereocenters. The smallest absolute Gasteiger partial charge is 0.0606 e. The van der Waals surface area contributed by atoms with Crippen molar-refractivity contribution in [3.63, 3.8) is 0 Å². The molecular formula is C24H36N2O4. The summed E-state index contributed by atoms with van der Waals surface area (Å²) in [5.74, 6) is 0.365. The van der Waals surface area contributed by atoms with Crippen molar-refractivity contribution in [2.75, 3.05) is 62.4 Å². The predicted molar refractivity (Wildman–Crippen MR) is 122 cm³/mol. The first-order valence-electron chi connectivity index (χ1n) is 10.7. The lowest BCUT2D eigenvalue weighted by atomic mass is 9.93. The monoisotopic (exact) mass is 416 g/mol. The molecule has 6 nitrogen and oxygen atoms in total. The average molecular weight is 417 g/mol. The molecule has 0 aliphatic rings. The van der Waals surface area contributed by atoms with E-state index in [0.717, 1.165) is 24.2 Å². The topological polar surface area (TPSA) is 87.4 Å². The highest BCUT2D eigenvalue weighted by molar-refractivity contribution is 5.50. The fourth-order valence-electron chi connectivity index (χ4n) is 3.71. The van der Waals surface area contributed by atoms with Gasteiger partial charge in [0.05, 0.1) is 26.4 Å². The van der Waals surface area contributed by atoms with Crippen LogP contribution in [-0.4, -0.2) is 73.0 Å². The van der Waals surface area contributed by atoms with Crippen molar-refractivity contribution >= 4 is 11.4 Å². The maximum Gasteiger partial charge on any atom is 0.0606 e. The Morgan fingerprint density at radius 1 is 0.700 bits per heavy atom. The molecule has 0 bridgehead atoms. The molecule has 0 fully saturated rings. The standard InChI is InChI=1S/C24H36N2O4/c1-20(22-5-3-7-24(19-22)26(12-16-29)13-17-30)8-9-21-4-2-6-23(18-21)25(10-14-27)11-15-28/h2-7,18-20,27-30H,8-17H2,1H3. The number of rotatable bonds is 14. The zero-order valence-corrected chi connectivity index (χ0v) is 18.0. The van der Waals surface area contributed by atoms with Crippen LogP contribution in [0.5, 0.6) is 0 Å². The molecule has 1 atom stereocenters. The molecule has 2 rings (SSSR count). The number of hydrogen-bond donors (Lipinski definition) is 4. The molecule has 0 saturated heterocycles. The van der Waals surface area contributed by atoms with Gasteiger partial charge in [-0.15, -0.1) is 0 Å². The molecule has 4 N–H and O–H groups in total. The summed E-state index contributed by atoms with van der Waals surface area (Å²) in [4.78, 5) is 3.99. The molecule has 30 heavy (non-hydrogen) atoms.